The van der Waals surface area contributed by atoms with Crippen LogP contribution in [0.5, 0.6) is 5.75 Å². The summed E-state index contributed by atoms with van der Waals surface area (Å²) < 4.78 is 48.6. The van der Waals surface area contributed by atoms with Crippen LogP contribution in [0.1, 0.15) is 11.4 Å². The number of alkyl halides is 3. The number of hydrogen-bond acceptors (Lipinski definition) is 7. The van der Waals surface area contributed by atoms with Gasteiger partial charge in [0.15, 0.2) is 6.23 Å². The normalized spacial score (nSPS) is 17.4. The van der Waals surface area contributed by atoms with Gasteiger partial charge in [0.25, 0.3) is 0 Å². The van der Waals surface area contributed by atoms with E-state index in [-0.39, 0.29) is 45.2 Å². The fourth-order valence-electron chi connectivity index (χ4n) is 2.35. The van der Waals surface area contributed by atoms with Gasteiger partial charge < -0.3 is 14.4 Å². The molecule has 2 aromatic rings. The standard InChI is InChI=1S/C15H11Cl2F3N4O4S/c1-23-5-4-10(28-14(26)27-7-2-3-8(16)9(17)6-7)24(13(23)25)12-22-21-11(29-12)15(18,19)20/h2-3,6,10H,4-5H2,1H3. The van der Waals surface area contributed by atoms with Crippen LogP contribution in [0.15, 0.2) is 18.2 Å². The molecule has 8 nitrogen and oxygen atoms in total. The molecule has 3 rings (SSSR count). The van der Waals surface area contributed by atoms with Crippen molar-refractivity contribution in [1.29, 1.82) is 0 Å². The van der Waals surface area contributed by atoms with Gasteiger partial charge in [-0.15, -0.1) is 10.2 Å². The third-order valence-corrected chi connectivity index (χ3v) is 5.43. The van der Waals surface area contributed by atoms with Crippen molar-refractivity contribution >= 4 is 51.9 Å². The van der Waals surface area contributed by atoms with E-state index >= 15 is 0 Å². The molecule has 14 heteroatoms. The van der Waals surface area contributed by atoms with Gasteiger partial charge in [-0.3, -0.25) is 0 Å². The van der Waals surface area contributed by atoms with Gasteiger partial charge >= 0.3 is 18.4 Å². The van der Waals surface area contributed by atoms with Gasteiger partial charge in [0.2, 0.25) is 10.1 Å². The van der Waals surface area contributed by atoms with Crippen LogP contribution >= 0.6 is 34.5 Å². The number of benzene rings is 1. The summed E-state index contributed by atoms with van der Waals surface area (Å²) in [5, 5.41) is 5.27. The zero-order valence-corrected chi connectivity index (χ0v) is 16.8. The largest absolute Gasteiger partial charge is 0.515 e. The van der Waals surface area contributed by atoms with Crippen LogP contribution in [0, 0.1) is 0 Å². The highest BCUT2D eigenvalue weighted by Crippen LogP contribution is 2.36. The van der Waals surface area contributed by atoms with E-state index in [1.54, 1.807) is 0 Å². The highest BCUT2D eigenvalue weighted by Gasteiger charge is 2.41. The predicted octanol–water partition coefficient (Wildman–Crippen LogP) is 4.67. The third kappa shape index (κ3) is 4.82. The number of urea groups is 1. The molecule has 1 atom stereocenters. The van der Waals surface area contributed by atoms with Crippen LogP contribution < -0.4 is 9.64 Å². The number of carbonyl (C=O) groups is 2. The van der Waals surface area contributed by atoms with Crippen LogP contribution in [-0.2, 0) is 10.9 Å². The fraction of sp³-hybridized carbons (Fsp3) is 0.333. The van der Waals surface area contributed by atoms with Gasteiger partial charge in [0, 0.05) is 26.1 Å². The van der Waals surface area contributed by atoms with E-state index in [2.05, 4.69) is 10.2 Å². The molecule has 1 unspecified atom stereocenters. The van der Waals surface area contributed by atoms with Crippen LogP contribution in [0.25, 0.3) is 0 Å². The maximum atomic E-state index is 12.8. The Morgan fingerprint density at radius 2 is 2.00 bits per heavy atom. The number of hydrogen-bond donors (Lipinski definition) is 0. The molecule has 1 aromatic carbocycles. The van der Waals surface area contributed by atoms with Crippen molar-refractivity contribution in [3.8, 4) is 5.75 Å². The number of rotatable bonds is 3. The lowest BCUT2D eigenvalue weighted by molar-refractivity contribution is -0.138. The molecule has 0 N–H and O–H groups in total. The lowest BCUT2D eigenvalue weighted by Crippen LogP contribution is -2.55. The number of nitrogens with zero attached hydrogens (tertiary/aromatic N) is 4. The summed E-state index contributed by atoms with van der Waals surface area (Å²) in [6.07, 6.45) is -7.03. The Bertz CT molecular complexity index is 943. The summed E-state index contributed by atoms with van der Waals surface area (Å²) in [5.74, 6) is 0.0328. The second-order valence-electron chi connectivity index (χ2n) is 5.75. The molecule has 2 amide bonds. The van der Waals surface area contributed by atoms with Crippen LogP contribution in [-0.4, -0.2) is 47.1 Å². The van der Waals surface area contributed by atoms with Crippen LogP contribution in [0.3, 0.4) is 0 Å². The number of ether oxygens (including phenoxy) is 2. The maximum Gasteiger partial charge on any atom is 0.515 e. The lowest BCUT2D eigenvalue weighted by Gasteiger charge is -2.36. The van der Waals surface area contributed by atoms with Gasteiger partial charge in [-0.25, -0.2) is 14.5 Å². The smallest absolute Gasteiger partial charge is 0.409 e. The molecule has 0 spiro atoms. The van der Waals surface area contributed by atoms with Gasteiger partial charge in [0.05, 0.1) is 10.0 Å². The summed E-state index contributed by atoms with van der Waals surface area (Å²) in [4.78, 5) is 26.7. The molecular weight excluding hydrogens is 460 g/mol. The van der Waals surface area contributed by atoms with Crippen molar-refractivity contribution < 1.29 is 32.2 Å². The van der Waals surface area contributed by atoms with Gasteiger partial charge in [-0.05, 0) is 12.1 Å². The number of aromatic nitrogens is 2. The number of carbonyl (C=O) groups excluding carboxylic acids is 2. The molecular formula is C15H11Cl2F3N4O4S. The van der Waals surface area contributed by atoms with Crippen molar-refractivity contribution in [2.45, 2.75) is 18.8 Å². The molecule has 0 bridgehead atoms. The third-order valence-electron chi connectivity index (χ3n) is 3.72. The molecule has 29 heavy (non-hydrogen) atoms. The average molecular weight is 471 g/mol. The highest BCUT2D eigenvalue weighted by molar-refractivity contribution is 7.15. The minimum absolute atomic E-state index is 0.0328. The second-order valence-corrected chi connectivity index (χ2v) is 7.52. The fourth-order valence-corrected chi connectivity index (χ4v) is 3.39. The topological polar surface area (TPSA) is 84.9 Å². The van der Waals surface area contributed by atoms with Crippen molar-refractivity contribution in [3.05, 3.63) is 33.3 Å². The van der Waals surface area contributed by atoms with Crippen molar-refractivity contribution in [2.75, 3.05) is 18.5 Å². The van der Waals surface area contributed by atoms with Crippen LogP contribution in [0.4, 0.5) is 27.9 Å². The van der Waals surface area contributed by atoms with E-state index in [1.165, 1.54) is 30.1 Å². The molecule has 156 valence electrons. The van der Waals surface area contributed by atoms with Crippen molar-refractivity contribution in [1.82, 2.24) is 15.1 Å². The molecule has 0 saturated carbocycles. The van der Waals surface area contributed by atoms with E-state index in [0.717, 1.165) is 4.90 Å². The van der Waals surface area contributed by atoms with Gasteiger partial charge in [-0.1, -0.05) is 34.5 Å². The molecule has 1 aliphatic heterocycles. The molecule has 1 fully saturated rings. The number of amides is 2. The molecule has 0 aliphatic carbocycles. The zero-order chi connectivity index (χ0) is 21.3. The van der Waals surface area contributed by atoms with E-state index in [9.17, 15) is 22.8 Å². The zero-order valence-electron chi connectivity index (χ0n) is 14.4. The minimum Gasteiger partial charge on any atom is -0.409 e. The summed E-state index contributed by atoms with van der Waals surface area (Å²) >= 11 is 11.8. The summed E-state index contributed by atoms with van der Waals surface area (Å²) in [6, 6.07) is 3.35. The quantitative estimate of drug-likeness (QED) is 0.478. The molecule has 1 aromatic heterocycles. The maximum absolute atomic E-state index is 12.8. The second kappa shape index (κ2) is 8.20. The van der Waals surface area contributed by atoms with Crippen LogP contribution in [0.2, 0.25) is 10.0 Å². The monoisotopic (exact) mass is 470 g/mol. The molecule has 1 aliphatic rings. The Hall–Kier alpha value is -2.31. The summed E-state index contributed by atoms with van der Waals surface area (Å²) in [6.45, 7) is 0.199. The first-order valence-corrected chi connectivity index (χ1v) is 9.42. The Balaban J connectivity index is 1.78. The van der Waals surface area contributed by atoms with Gasteiger partial charge in [-0.2, -0.15) is 13.2 Å². The van der Waals surface area contributed by atoms with Crippen molar-refractivity contribution in [3.63, 3.8) is 0 Å². The van der Waals surface area contributed by atoms with E-state index in [1.807, 2.05) is 0 Å². The van der Waals surface area contributed by atoms with Gasteiger partial charge in [0.1, 0.15) is 5.75 Å². The first-order valence-electron chi connectivity index (χ1n) is 7.85. The SMILES string of the molecule is CN1CCC(OC(=O)Oc2ccc(Cl)c(Cl)c2)N(c2nnc(C(F)(F)F)s2)C1=O. The first kappa shape index (κ1) is 21.4. The minimum atomic E-state index is -4.72. The van der Waals surface area contributed by atoms with Crippen molar-refractivity contribution in [2.24, 2.45) is 0 Å². The number of anilines is 1. The summed E-state index contributed by atoms with van der Waals surface area (Å²) in [5.41, 5.74) is 0. The van der Waals surface area contributed by atoms with E-state index in [0.29, 0.717) is 0 Å². The first-order chi connectivity index (χ1) is 13.6. The lowest BCUT2D eigenvalue weighted by atomic mass is 10.3. The van der Waals surface area contributed by atoms with E-state index < -0.39 is 29.6 Å². The molecule has 1 saturated heterocycles. The Morgan fingerprint density at radius 3 is 2.62 bits per heavy atom. The predicted molar refractivity (Wildman–Crippen MR) is 97.4 cm³/mol. The summed E-state index contributed by atoms with van der Waals surface area (Å²) in [7, 11) is 1.45. The van der Waals surface area contributed by atoms with E-state index in [4.69, 9.17) is 32.7 Å². The average Bonchev–Trinajstić information content (AvgIpc) is 3.11. The highest BCUT2D eigenvalue weighted by atomic mass is 35.5. The molecule has 0 radical (unpaired) electrons. The number of halogens is 5. The molecule has 2 heterocycles. The Labute approximate surface area is 175 Å². The Morgan fingerprint density at radius 1 is 1.28 bits per heavy atom. The Kier molecular flexibility index (Phi) is 6.05.